The third kappa shape index (κ3) is 3.61. The van der Waals surface area contributed by atoms with Crippen molar-refractivity contribution in [3.05, 3.63) is 28.4 Å². The van der Waals surface area contributed by atoms with Crippen molar-refractivity contribution in [3.8, 4) is 0 Å². The van der Waals surface area contributed by atoms with E-state index in [4.69, 9.17) is 10.3 Å². The molecular weight excluding hydrogens is 194 g/mol. The lowest BCUT2D eigenvalue weighted by molar-refractivity contribution is 0.00534. The minimum absolute atomic E-state index is 0.248. The summed E-state index contributed by atoms with van der Waals surface area (Å²) in [5.74, 6) is 0. The summed E-state index contributed by atoms with van der Waals surface area (Å²) in [4.78, 5) is 2.68. The van der Waals surface area contributed by atoms with Crippen LogP contribution in [0.4, 0.5) is 0 Å². The Labute approximate surface area is 88.5 Å². The Morgan fingerprint density at radius 2 is 2.40 bits per heavy atom. The molecule has 0 spiro atoms. The van der Waals surface area contributed by atoms with Crippen LogP contribution in [0.25, 0.3) is 10.4 Å². The number of azide groups is 1. The van der Waals surface area contributed by atoms with Gasteiger partial charge in [0.2, 0.25) is 0 Å². The largest absolute Gasteiger partial charge is 0.377 e. The van der Waals surface area contributed by atoms with E-state index in [0.29, 0.717) is 6.54 Å². The second kappa shape index (κ2) is 4.82. The zero-order chi connectivity index (χ0) is 11.3. The van der Waals surface area contributed by atoms with Crippen molar-refractivity contribution in [3.63, 3.8) is 0 Å². The van der Waals surface area contributed by atoms with Crippen molar-refractivity contribution in [1.29, 1.82) is 0 Å². The molecule has 1 aromatic heterocycles. The average Bonchev–Trinajstić information content (AvgIpc) is 2.62. The van der Waals surface area contributed by atoms with Gasteiger partial charge < -0.3 is 4.74 Å². The third-order valence-corrected chi connectivity index (χ3v) is 2.09. The van der Waals surface area contributed by atoms with E-state index in [-0.39, 0.29) is 12.1 Å². The standard InChI is InChI=1S/C9H15N5O/c1-9(2,15-3)7-14-5-4-8(12-14)6-11-13-10/h4-5H,6-7H2,1-3H3. The maximum Gasteiger partial charge on any atom is 0.0817 e. The molecule has 0 N–H and O–H groups in total. The van der Waals surface area contributed by atoms with Gasteiger partial charge in [0.1, 0.15) is 0 Å². The minimum atomic E-state index is -0.248. The molecule has 15 heavy (non-hydrogen) atoms. The van der Waals surface area contributed by atoms with Gasteiger partial charge in [0, 0.05) is 18.2 Å². The minimum Gasteiger partial charge on any atom is -0.377 e. The summed E-state index contributed by atoms with van der Waals surface area (Å²) in [5, 5.41) is 7.70. The summed E-state index contributed by atoms with van der Waals surface area (Å²) in [6, 6.07) is 1.83. The van der Waals surface area contributed by atoms with Crippen LogP contribution in [0.3, 0.4) is 0 Å². The van der Waals surface area contributed by atoms with Crippen molar-refractivity contribution >= 4 is 0 Å². The average molecular weight is 209 g/mol. The molecule has 0 radical (unpaired) electrons. The summed E-state index contributed by atoms with van der Waals surface area (Å²) in [5.41, 5.74) is 8.68. The van der Waals surface area contributed by atoms with Crippen molar-refractivity contribution in [1.82, 2.24) is 9.78 Å². The Morgan fingerprint density at radius 3 is 3.00 bits per heavy atom. The monoisotopic (exact) mass is 209 g/mol. The normalized spacial score (nSPS) is 11.1. The molecule has 0 atom stereocenters. The highest BCUT2D eigenvalue weighted by atomic mass is 16.5. The second-order valence-corrected chi connectivity index (χ2v) is 3.86. The van der Waals surface area contributed by atoms with Crippen molar-refractivity contribution in [2.45, 2.75) is 32.5 Å². The van der Waals surface area contributed by atoms with Gasteiger partial charge in [0.15, 0.2) is 0 Å². The Hall–Kier alpha value is -1.52. The van der Waals surface area contributed by atoms with E-state index in [9.17, 15) is 0 Å². The first-order valence-corrected chi connectivity index (χ1v) is 4.66. The first-order valence-electron chi connectivity index (χ1n) is 4.66. The summed E-state index contributed by atoms with van der Waals surface area (Å²) in [6.07, 6.45) is 1.85. The summed E-state index contributed by atoms with van der Waals surface area (Å²) >= 11 is 0. The zero-order valence-electron chi connectivity index (χ0n) is 9.21. The van der Waals surface area contributed by atoms with Crippen LogP contribution in [-0.4, -0.2) is 22.5 Å². The number of hydrogen-bond donors (Lipinski definition) is 0. The predicted molar refractivity (Wildman–Crippen MR) is 56.2 cm³/mol. The van der Waals surface area contributed by atoms with Crippen LogP contribution in [0, 0.1) is 0 Å². The van der Waals surface area contributed by atoms with Crippen LogP contribution in [0.1, 0.15) is 19.5 Å². The number of methoxy groups -OCH3 is 1. The van der Waals surface area contributed by atoms with Gasteiger partial charge in [-0.3, -0.25) is 4.68 Å². The molecule has 0 fully saturated rings. The van der Waals surface area contributed by atoms with E-state index in [0.717, 1.165) is 5.69 Å². The lowest BCUT2D eigenvalue weighted by atomic mass is 10.1. The van der Waals surface area contributed by atoms with Crippen molar-refractivity contribution < 1.29 is 4.74 Å². The maximum atomic E-state index is 8.16. The molecule has 1 heterocycles. The Balaban J connectivity index is 2.64. The van der Waals surface area contributed by atoms with Gasteiger partial charge in [-0.25, -0.2) is 0 Å². The molecule has 0 aliphatic carbocycles. The third-order valence-electron chi connectivity index (χ3n) is 2.09. The summed E-state index contributed by atoms with van der Waals surface area (Å²) in [6.45, 7) is 4.93. The fourth-order valence-corrected chi connectivity index (χ4v) is 1.13. The number of rotatable bonds is 5. The Bertz CT molecular complexity index is 364. The smallest absolute Gasteiger partial charge is 0.0817 e. The van der Waals surface area contributed by atoms with Crippen LogP contribution in [-0.2, 0) is 17.8 Å². The van der Waals surface area contributed by atoms with E-state index in [2.05, 4.69) is 15.1 Å². The summed E-state index contributed by atoms with van der Waals surface area (Å²) in [7, 11) is 1.67. The van der Waals surface area contributed by atoms with E-state index < -0.39 is 0 Å². The van der Waals surface area contributed by atoms with E-state index in [1.54, 1.807) is 11.8 Å². The molecule has 0 unspecified atom stereocenters. The van der Waals surface area contributed by atoms with Crippen molar-refractivity contribution in [2.24, 2.45) is 5.11 Å². The lowest BCUT2D eigenvalue weighted by Gasteiger charge is -2.22. The van der Waals surface area contributed by atoms with Gasteiger partial charge in [0.25, 0.3) is 0 Å². The molecule has 0 aliphatic heterocycles. The van der Waals surface area contributed by atoms with Crippen LogP contribution in [0.2, 0.25) is 0 Å². The number of hydrogen-bond acceptors (Lipinski definition) is 3. The fraction of sp³-hybridized carbons (Fsp3) is 0.667. The molecule has 6 nitrogen and oxygen atoms in total. The first-order chi connectivity index (χ1) is 7.07. The molecule has 0 aromatic carbocycles. The van der Waals surface area contributed by atoms with Gasteiger partial charge in [-0.15, -0.1) is 0 Å². The molecule has 82 valence electrons. The van der Waals surface area contributed by atoms with Crippen LogP contribution in [0.15, 0.2) is 17.4 Å². The number of aromatic nitrogens is 2. The van der Waals surface area contributed by atoms with Crippen LogP contribution in [0.5, 0.6) is 0 Å². The molecule has 0 amide bonds. The molecule has 0 bridgehead atoms. The van der Waals surface area contributed by atoms with Crippen LogP contribution < -0.4 is 0 Å². The summed E-state index contributed by atoms with van der Waals surface area (Å²) < 4.78 is 7.07. The Kier molecular flexibility index (Phi) is 3.71. The van der Waals surface area contributed by atoms with Gasteiger partial charge in [-0.05, 0) is 25.4 Å². The van der Waals surface area contributed by atoms with E-state index in [1.165, 1.54) is 0 Å². The highest BCUT2D eigenvalue weighted by Gasteiger charge is 2.17. The molecule has 0 saturated heterocycles. The number of nitrogens with zero attached hydrogens (tertiary/aromatic N) is 5. The van der Waals surface area contributed by atoms with Crippen LogP contribution >= 0.6 is 0 Å². The van der Waals surface area contributed by atoms with E-state index >= 15 is 0 Å². The quantitative estimate of drug-likeness (QED) is 0.423. The van der Waals surface area contributed by atoms with Gasteiger partial charge >= 0.3 is 0 Å². The van der Waals surface area contributed by atoms with Crippen molar-refractivity contribution in [2.75, 3.05) is 7.11 Å². The molecule has 6 heteroatoms. The molecule has 1 rings (SSSR count). The topological polar surface area (TPSA) is 75.8 Å². The zero-order valence-corrected chi connectivity index (χ0v) is 9.21. The Morgan fingerprint density at radius 1 is 1.67 bits per heavy atom. The maximum absolute atomic E-state index is 8.16. The number of ether oxygens (including phenoxy) is 1. The second-order valence-electron chi connectivity index (χ2n) is 3.86. The molecule has 0 aliphatic rings. The molecule has 0 saturated carbocycles. The fourth-order valence-electron chi connectivity index (χ4n) is 1.13. The SMILES string of the molecule is COC(C)(C)Cn1ccc(CN=[N+]=[N-])n1. The van der Waals surface area contributed by atoms with E-state index in [1.807, 2.05) is 26.1 Å². The first kappa shape index (κ1) is 11.6. The lowest BCUT2D eigenvalue weighted by Crippen LogP contribution is -2.29. The highest BCUT2D eigenvalue weighted by molar-refractivity contribution is 4.98. The molecular formula is C9H15N5O. The van der Waals surface area contributed by atoms with Gasteiger partial charge in [-0.2, -0.15) is 5.10 Å². The molecule has 1 aromatic rings. The van der Waals surface area contributed by atoms with Gasteiger partial charge in [0.05, 0.1) is 24.4 Å². The highest BCUT2D eigenvalue weighted by Crippen LogP contribution is 2.10. The predicted octanol–water partition coefficient (Wildman–Crippen LogP) is 2.12. The van der Waals surface area contributed by atoms with Gasteiger partial charge in [-0.1, -0.05) is 5.11 Å².